The van der Waals surface area contributed by atoms with Gasteiger partial charge < -0.3 is 0 Å². The summed E-state index contributed by atoms with van der Waals surface area (Å²) in [6.45, 7) is 10.9. The van der Waals surface area contributed by atoms with Gasteiger partial charge in [-0.25, -0.2) is 0 Å². The third kappa shape index (κ3) is 11.5. The Labute approximate surface area is 224 Å². The van der Waals surface area contributed by atoms with Gasteiger partial charge in [-0.15, -0.1) is 0 Å². The number of carboxylic acids is 3. The fraction of sp³-hybridized carbons (Fsp3) is 0.778. The second-order valence-electron chi connectivity index (χ2n) is 9.49. The molecule has 0 aliphatic rings. The summed E-state index contributed by atoms with van der Waals surface area (Å²) in [5.41, 5.74) is 0. The van der Waals surface area contributed by atoms with E-state index in [0.717, 1.165) is 0 Å². The van der Waals surface area contributed by atoms with Crippen LogP contribution in [0.5, 0.6) is 0 Å². The molecule has 0 amide bonds. The van der Waals surface area contributed by atoms with Crippen LogP contribution in [-0.2, 0) is 42.7 Å². The van der Waals surface area contributed by atoms with Crippen molar-refractivity contribution in [3.8, 4) is 0 Å². The fourth-order valence-corrected chi connectivity index (χ4v) is 9.44. The molecule has 37 heavy (non-hydrogen) atoms. The Kier molecular flexibility index (Phi) is 16.5. The van der Waals surface area contributed by atoms with E-state index in [9.17, 15) is 44.1 Å². The standard InChI is InChI=1S/3C9H15O3.Fe/c3*1-3-5-6-7(9(11)12)8(10)4-2;/h3*3,7H,4-6H2,1-2H3,(H,11,12);. The number of Topliss-reactive ketones (excluding diaryl/α,β-unsaturated/α-hetero) is 3. The molecule has 0 aromatic heterocycles. The van der Waals surface area contributed by atoms with E-state index in [1.165, 1.54) is 0 Å². The van der Waals surface area contributed by atoms with Crippen molar-refractivity contribution in [3.63, 3.8) is 0 Å². The van der Waals surface area contributed by atoms with Gasteiger partial charge in [-0.2, -0.15) is 0 Å². The Bertz CT molecular complexity index is 705. The SMILES string of the molecule is CCC(=O)C(CC[CH](C)[Fe]([CH](C)CCC(C(=O)O)C(=O)CC)[CH](C)CCC(C(=O)O)C(=O)CC)C(=O)O. The van der Waals surface area contributed by atoms with Crippen molar-refractivity contribution >= 4 is 35.3 Å². The summed E-state index contributed by atoms with van der Waals surface area (Å²) in [4.78, 5) is 71.4. The van der Waals surface area contributed by atoms with Gasteiger partial charge in [-0.1, -0.05) is 0 Å². The predicted molar refractivity (Wildman–Crippen MR) is 135 cm³/mol. The van der Waals surface area contributed by atoms with Gasteiger partial charge in [0.05, 0.1) is 0 Å². The van der Waals surface area contributed by atoms with E-state index in [1.807, 2.05) is 20.8 Å². The summed E-state index contributed by atoms with van der Waals surface area (Å²) in [5, 5.41) is 28.5. The van der Waals surface area contributed by atoms with E-state index in [0.29, 0.717) is 19.3 Å². The summed E-state index contributed by atoms with van der Waals surface area (Å²) in [5.74, 6) is -7.61. The van der Waals surface area contributed by atoms with E-state index in [4.69, 9.17) is 0 Å². The molecule has 0 spiro atoms. The Morgan fingerprint density at radius 1 is 0.486 bits per heavy atom. The summed E-state index contributed by atoms with van der Waals surface area (Å²) in [6, 6.07) is 0. The van der Waals surface area contributed by atoms with E-state index < -0.39 is 49.6 Å². The third-order valence-electron chi connectivity index (χ3n) is 6.85. The van der Waals surface area contributed by atoms with Gasteiger partial charge in [0.25, 0.3) is 0 Å². The van der Waals surface area contributed by atoms with Crippen molar-refractivity contribution in [1.82, 2.24) is 0 Å². The van der Waals surface area contributed by atoms with Crippen LogP contribution in [0.15, 0.2) is 0 Å². The van der Waals surface area contributed by atoms with Crippen LogP contribution in [-0.4, -0.2) is 50.6 Å². The average Bonchev–Trinajstić information content (AvgIpc) is 2.82. The molecule has 0 fully saturated rings. The van der Waals surface area contributed by atoms with Crippen molar-refractivity contribution in [3.05, 3.63) is 0 Å². The molecule has 9 nitrogen and oxygen atoms in total. The van der Waals surface area contributed by atoms with Crippen molar-refractivity contribution < 1.29 is 58.0 Å². The van der Waals surface area contributed by atoms with E-state index in [2.05, 4.69) is 0 Å². The topological polar surface area (TPSA) is 163 Å². The van der Waals surface area contributed by atoms with Crippen LogP contribution in [0.3, 0.4) is 0 Å². The molecule has 3 N–H and O–H groups in total. The Morgan fingerprint density at radius 2 is 0.703 bits per heavy atom. The summed E-state index contributed by atoms with van der Waals surface area (Å²) < 4.78 is 0. The van der Waals surface area contributed by atoms with Crippen molar-refractivity contribution in [2.75, 3.05) is 0 Å². The van der Waals surface area contributed by atoms with Crippen LogP contribution in [0.25, 0.3) is 0 Å². The first-order chi connectivity index (χ1) is 17.2. The zero-order valence-electron chi connectivity index (χ0n) is 23.0. The minimum atomic E-state index is -1.14. The van der Waals surface area contributed by atoms with Crippen molar-refractivity contribution in [2.45, 2.75) is 114 Å². The maximum atomic E-state index is 12.1. The summed E-state index contributed by atoms with van der Waals surface area (Å²) >= 11 is -1.11. The molecular weight excluding hydrogens is 524 g/mol. The number of carboxylic acid groups (broad SMARTS) is 3. The van der Waals surface area contributed by atoms with Gasteiger partial charge >= 0.3 is 225 Å². The molecule has 0 saturated heterocycles. The fourth-order valence-electron chi connectivity index (χ4n) is 4.57. The molecule has 0 saturated carbocycles. The van der Waals surface area contributed by atoms with Crippen LogP contribution in [0, 0.1) is 17.8 Å². The van der Waals surface area contributed by atoms with Crippen LogP contribution in [0.1, 0.15) is 99.3 Å². The van der Waals surface area contributed by atoms with Crippen LogP contribution in [0.4, 0.5) is 0 Å². The first kappa shape index (κ1) is 34.9. The molecule has 6 atom stereocenters. The number of aliphatic carboxylic acids is 3. The average molecular weight is 569 g/mol. The number of hydrogen-bond donors (Lipinski definition) is 3. The molecule has 10 heteroatoms. The zero-order valence-corrected chi connectivity index (χ0v) is 24.1. The maximum absolute atomic E-state index is 12.1. The Morgan fingerprint density at radius 3 is 0.865 bits per heavy atom. The molecule has 6 unspecified atom stereocenters. The van der Waals surface area contributed by atoms with E-state index in [1.54, 1.807) is 20.8 Å². The predicted octanol–water partition coefficient (Wildman–Crippen LogP) is 5.41. The van der Waals surface area contributed by atoms with Crippen LogP contribution >= 0.6 is 0 Å². The van der Waals surface area contributed by atoms with Gasteiger partial charge in [-0.05, 0) is 0 Å². The van der Waals surface area contributed by atoms with Crippen LogP contribution < -0.4 is 0 Å². The second kappa shape index (κ2) is 17.4. The van der Waals surface area contributed by atoms with Crippen molar-refractivity contribution in [2.24, 2.45) is 17.8 Å². The summed E-state index contributed by atoms with van der Waals surface area (Å²) in [6.07, 6.45) is 2.48. The van der Waals surface area contributed by atoms with Gasteiger partial charge in [0.15, 0.2) is 0 Å². The van der Waals surface area contributed by atoms with Gasteiger partial charge in [0.2, 0.25) is 0 Å². The molecule has 0 bridgehead atoms. The molecule has 0 aromatic carbocycles. The van der Waals surface area contributed by atoms with Gasteiger partial charge in [0, 0.05) is 0 Å². The molecule has 0 heterocycles. The zero-order chi connectivity index (χ0) is 28.9. The third-order valence-corrected chi connectivity index (χ3v) is 11.6. The quantitative estimate of drug-likeness (QED) is 0.121. The first-order valence-corrected chi connectivity index (χ1v) is 15.0. The van der Waals surface area contributed by atoms with E-state index >= 15 is 0 Å². The van der Waals surface area contributed by atoms with Gasteiger partial charge in [-0.3, -0.25) is 0 Å². The van der Waals surface area contributed by atoms with E-state index in [-0.39, 0.29) is 70.3 Å². The summed E-state index contributed by atoms with van der Waals surface area (Å²) in [7, 11) is 0. The molecule has 0 radical (unpaired) electrons. The first-order valence-electron chi connectivity index (χ1n) is 13.1. The van der Waals surface area contributed by atoms with Crippen LogP contribution in [0.2, 0.25) is 14.4 Å². The molecule has 215 valence electrons. The van der Waals surface area contributed by atoms with Crippen molar-refractivity contribution in [1.29, 1.82) is 0 Å². The number of carbonyl (C=O) groups excluding carboxylic acids is 3. The molecule has 0 aliphatic heterocycles. The molecule has 0 aliphatic carbocycles. The minimum absolute atomic E-state index is 0.0341. The molecular formula is C27H45FeO9. The Balaban J connectivity index is 5.77. The molecule has 0 rings (SSSR count). The number of carbonyl (C=O) groups is 6. The number of ketones is 3. The van der Waals surface area contributed by atoms with Gasteiger partial charge in [0.1, 0.15) is 0 Å². The Hall–Kier alpha value is -2.06. The number of hydrogen-bond acceptors (Lipinski definition) is 6. The normalized spacial score (nSPS) is 16.5. The second-order valence-corrected chi connectivity index (χ2v) is 13.9. The monoisotopic (exact) mass is 569 g/mol. The molecule has 0 aromatic rings. The number of rotatable bonds is 21.